The summed E-state index contributed by atoms with van der Waals surface area (Å²) < 4.78 is 2.15. The van der Waals surface area contributed by atoms with Crippen molar-refractivity contribution in [1.82, 2.24) is 19.9 Å². The first kappa shape index (κ1) is 25.4. The van der Waals surface area contributed by atoms with Gasteiger partial charge in [-0.1, -0.05) is 30.3 Å². The Bertz CT molecular complexity index is 1270. The summed E-state index contributed by atoms with van der Waals surface area (Å²) in [5.74, 6) is 0.517. The molecule has 2 aromatic carbocycles. The summed E-state index contributed by atoms with van der Waals surface area (Å²) in [5, 5.41) is 12.6. The standard InChI is InChI=1S/C29H30N6.ClH/c30-17-23-6-8-24(9-7-23)21-35-22-32-20-28(35)19-31-18-25-10-13-33-29(16-25)26-11-14-34(15-12-26)27-4-2-1-3-5-27;/h1-10,13,16,20,22,26,31H,11-12,14-15,18-19,21H2;1H. The Morgan fingerprint density at radius 1 is 0.944 bits per heavy atom. The number of nitriles is 1. The van der Waals surface area contributed by atoms with Crippen molar-refractivity contribution in [3.05, 3.63) is 114 Å². The molecule has 1 aliphatic rings. The van der Waals surface area contributed by atoms with Crippen LogP contribution in [0.4, 0.5) is 5.69 Å². The number of pyridine rings is 1. The van der Waals surface area contributed by atoms with E-state index in [-0.39, 0.29) is 12.4 Å². The highest BCUT2D eigenvalue weighted by Crippen LogP contribution is 2.29. The molecule has 1 N–H and O–H groups in total. The van der Waals surface area contributed by atoms with Gasteiger partial charge in [-0.3, -0.25) is 4.98 Å². The summed E-state index contributed by atoms with van der Waals surface area (Å²) in [7, 11) is 0. The van der Waals surface area contributed by atoms with Gasteiger partial charge in [-0.05, 0) is 60.4 Å². The fourth-order valence-corrected chi connectivity index (χ4v) is 4.75. The number of hydrogen-bond acceptors (Lipinski definition) is 5. The van der Waals surface area contributed by atoms with Gasteiger partial charge in [0.15, 0.2) is 0 Å². The van der Waals surface area contributed by atoms with Crippen LogP contribution in [0.25, 0.3) is 0 Å². The number of aromatic nitrogens is 3. The smallest absolute Gasteiger partial charge is 0.0991 e. The molecular formula is C29H31ClN6. The predicted molar refractivity (Wildman–Crippen MR) is 145 cm³/mol. The number of nitrogens with one attached hydrogen (secondary N) is 1. The van der Waals surface area contributed by atoms with Gasteiger partial charge in [-0.15, -0.1) is 12.4 Å². The molecule has 0 atom stereocenters. The highest BCUT2D eigenvalue weighted by molar-refractivity contribution is 5.85. The molecule has 1 fully saturated rings. The van der Waals surface area contributed by atoms with Gasteiger partial charge in [0, 0.05) is 62.4 Å². The highest BCUT2D eigenvalue weighted by atomic mass is 35.5. The molecule has 1 saturated heterocycles. The second kappa shape index (κ2) is 12.3. The van der Waals surface area contributed by atoms with E-state index in [9.17, 15) is 0 Å². The summed E-state index contributed by atoms with van der Waals surface area (Å²) >= 11 is 0. The van der Waals surface area contributed by atoms with Crippen molar-refractivity contribution in [2.45, 2.75) is 38.4 Å². The van der Waals surface area contributed by atoms with Gasteiger partial charge < -0.3 is 14.8 Å². The first-order chi connectivity index (χ1) is 17.3. The zero-order valence-electron chi connectivity index (χ0n) is 20.3. The number of benzene rings is 2. The van der Waals surface area contributed by atoms with Crippen molar-refractivity contribution in [2.75, 3.05) is 18.0 Å². The summed E-state index contributed by atoms with van der Waals surface area (Å²) in [5.41, 5.74) is 6.76. The summed E-state index contributed by atoms with van der Waals surface area (Å²) in [4.78, 5) is 11.5. The van der Waals surface area contributed by atoms with E-state index in [1.165, 1.54) is 16.9 Å². The third kappa shape index (κ3) is 6.31. The second-order valence-corrected chi connectivity index (χ2v) is 9.11. The van der Waals surface area contributed by atoms with Gasteiger partial charge in [0.05, 0.1) is 23.7 Å². The molecule has 36 heavy (non-hydrogen) atoms. The molecule has 0 amide bonds. The lowest BCUT2D eigenvalue weighted by Crippen LogP contribution is -2.33. The van der Waals surface area contributed by atoms with Gasteiger partial charge in [-0.2, -0.15) is 5.26 Å². The number of halogens is 1. The second-order valence-electron chi connectivity index (χ2n) is 9.11. The van der Waals surface area contributed by atoms with E-state index in [1.807, 2.05) is 43.0 Å². The van der Waals surface area contributed by atoms with Crippen molar-refractivity contribution in [3.63, 3.8) is 0 Å². The average Bonchev–Trinajstić information content (AvgIpc) is 3.36. The van der Waals surface area contributed by atoms with Crippen LogP contribution < -0.4 is 10.2 Å². The molecular weight excluding hydrogens is 468 g/mol. The SMILES string of the molecule is Cl.N#Cc1ccc(Cn2cncc2CNCc2ccnc(C3CCN(c4ccccc4)CC3)c2)cc1. The molecule has 2 aromatic heterocycles. The molecule has 7 heteroatoms. The number of piperidine rings is 1. The van der Waals surface area contributed by atoms with Crippen molar-refractivity contribution in [2.24, 2.45) is 0 Å². The van der Waals surface area contributed by atoms with Crippen molar-refractivity contribution >= 4 is 18.1 Å². The highest BCUT2D eigenvalue weighted by Gasteiger charge is 2.21. The van der Waals surface area contributed by atoms with E-state index in [4.69, 9.17) is 10.2 Å². The maximum absolute atomic E-state index is 8.99. The van der Waals surface area contributed by atoms with Crippen LogP contribution in [0.3, 0.4) is 0 Å². The van der Waals surface area contributed by atoms with Crippen LogP contribution in [0.15, 0.2) is 85.5 Å². The topological polar surface area (TPSA) is 69.8 Å². The van der Waals surface area contributed by atoms with E-state index in [2.05, 4.69) is 68.3 Å². The summed E-state index contributed by atoms with van der Waals surface area (Å²) in [6, 6.07) is 24.9. The monoisotopic (exact) mass is 498 g/mol. The quantitative estimate of drug-likeness (QED) is 0.357. The van der Waals surface area contributed by atoms with Crippen molar-refractivity contribution in [1.29, 1.82) is 5.26 Å². The van der Waals surface area contributed by atoms with Crippen LogP contribution in [-0.2, 0) is 19.6 Å². The minimum atomic E-state index is 0. The number of anilines is 1. The minimum absolute atomic E-state index is 0. The Morgan fingerprint density at radius 2 is 1.72 bits per heavy atom. The van der Waals surface area contributed by atoms with Gasteiger partial charge in [-0.25, -0.2) is 4.98 Å². The molecule has 5 rings (SSSR count). The Balaban J connectivity index is 0.00000304. The van der Waals surface area contributed by atoms with Crippen LogP contribution in [0.1, 0.15) is 46.8 Å². The third-order valence-electron chi connectivity index (χ3n) is 6.75. The Hall–Kier alpha value is -3.66. The fraction of sp³-hybridized carbons (Fsp3) is 0.276. The first-order valence-electron chi connectivity index (χ1n) is 12.2. The van der Waals surface area contributed by atoms with Crippen LogP contribution >= 0.6 is 12.4 Å². The van der Waals surface area contributed by atoms with Crippen LogP contribution in [0.2, 0.25) is 0 Å². The maximum Gasteiger partial charge on any atom is 0.0991 e. The number of rotatable bonds is 8. The lowest BCUT2D eigenvalue weighted by molar-refractivity contribution is 0.495. The Labute approximate surface area is 219 Å². The average molecular weight is 499 g/mol. The van der Waals surface area contributed by atoms with Gasteiger partial charge >= 0.3 is 0 Å². The molecule has 0 spiro atoms. The molecule has 0 unspecified atom stereocenters. The number of para-hydroxylation sites is 1. The van der Waals surface area contributed by atoms with E-state index in [0.717, 1.165) is 56.8 Å². The van der Waals surface area contributed by atoms with E-state index in [0.29, 0.717) is 11.5 Å². The molecule has 0 radical (unpaired) electrons. The summed E-state index contributed by atoms with van der Waals surface area (Å²) in [6.07, 6.45) is 7.99. The van der Waals surface area contributed by atoms with Gasteiger partial charge in [0.2, 0.25) is 0 Å². The minimum Gasteiger partial charge on any atom is -0.371 e. The first-order valence-corrected chi connectivity index (χ1v) is 12.2. The zero-order chi connectivity index (χ0) is 23.9. The molecule has 4 aromatic rings. The third-order valence-corrected chi connectivity index (χ3v) is 6.75. The van der Waals surface area contributed by atoms with Crippen LogP contribution in [0, 0.1) is 11.3 Å². The largest absolute Gasteiger partial charge is 0.371 e. The molecule has 6 nitrogen and oxygen atoms in total. The van der Waals surface area contributed by atoms with Gasteiger partial charge in [0.25, 0.3) is 0 Å². The van der Waals surface area contributed by atoms with E-state index >= 15 is 0 Å². The fourth-order valence-electron chi connectivity index (χ4n) is 4.75. The number of hydrogen-bond donors (Lipinski definition) is 1. The van der Waals surface area contributed by atoms with Crippen LogP contribution in [-0.4, -0.2) is 27.6 Å². The predicted octanol–water partition coefficient (Wildman–Crippen LogP) is 5.29. The summed E-state index contributed by atoms with van der Waals surface area (Å²) in [6.45, 7) is 4.41. The molecule has 1 aliphatic heterocycles. The van der Waals surface area contributed by atoms with E-state index < -0.39 is 0 Å². The molecule has 3 heterocycles. The van der Waals surface area contributed by atoms with E-state index in [1.54, 1.807) is 0 Å². The Morgan fingerprint density at radius 3 is 2.47 bits per heavy atom. The lowest BCUT2D eigenvalue weighted by atomic mass is 9.92. The number of imidazole rings is 1. The lowest BCUT2D eigenvalue weighted by Gasteiger charge is -2.33. The van der Waals surface area contributed by atoms with Gasteiger partial charge in [0.1, 0.15) is 0 Å². The molecule has 184 valence electrons. The number of nitrogens with zero attached hydrogens (tertiary/aromatic N) is 5. The molecule has 0 aliphatic carbocycles. The van der Waals surface area contributed by atoms with Crippen LogP contribution in [0.5, 0.6) is 0 Å². The normalized spacial score (nSPS) is 13.7. The van der Waals surface area contributed by atoms with Crippen molar-refractivity contribution < 1.29 is 0 Å². The molecule has 0 saturated carbocycles. The Kier molecular flexibility index (Phi) is 8.72. The molecule has 0 bridgehead atoms. The zero-order valence-corrected chi connectivity index (χ0v) is 21.1. The maximum atomic E-state index is 8.99. The van der Waals surface area contributed by atoms with Crippen molar-refractivity contribution in [3.8, 4) is 6.07 Å².